The lowest BCUT2D eigenvalue weighted by Crippen LogP contribution is -2.59. The molecule has 1 aliphatic heterocycles. The summed E-state index contributed by atoms with van der Waals surface area (Å²) in [6.45, 7) is -0.433. The molecule has 3 rings (SSSR count). The van der Waals surface area contributed by atoms with Crippen molar-refractivity contribution >= 4 is 21.7 Å². The number of quaternary nitrogens is 1. The topological polar surface area (TPSA) is 124 Å². The van der Waals surface area contributed by atoms with E-state index in [1.54, 1.807) is 12.1 Å². The molecular formula is C17H17N2O6S+. The first kappa shape index (κ1) is 18.1. The number of hydrogen-bond donors (Lipinski definition) is 2. The second-order valence-electron chi connectivity index (χ2n) is 5.92. The van der Waals surface area contributed by atoms with E-state index in [1.165, 1.54) is 24.3 Å². The maximum atomic E-state index is 12.7. The van der Waals surface area contributed by atoms with Gasteiger partial charge in [-0.05, 0) is 36.4 Å². The van der Waals surface area contributed by atoms with Gasteiger partial charge in [0.2, 0.25) is 9.84 Å². The average molecular weight is 377 g/mol. The van der Waals surface area contributed by atoms with Crippen molar-refractivity contribution in [3.8, 4) is 11.5 Å². The van der Waals surface area contributed by atoms with Crippen molar-refractivity contribution in [3.05, 3.63) is 60.2 Å². The maximum absolute atomic E-state index is 12.7. The lowest BCUT2D eigenvalue weighted by Gasteiger charge is -2.25. The number of carbonyl (C=O) groups excluding carboxylic acids is 2. The minimum absolute atomic E-state index is 0.0382. The van der Waals surface area contributed by atoms with Crippen molar-refractivity contribution in [2.45, 2.75) is 5.37 Å². The highest BCUT2D eigenvalue weighted by Gasteiger charge is 2.61. The Hall–Kier alpha value is -2.75. The van der Waals surface area contributed by atoms with E-state index in [-0.39, 0.29) is 5.56 Å². The van der Waals surface area contributed by atoms with Gasteiger partial charge in [0.25, 0.3) is 5.91 Å². The van der Waals surface area contributed by atoms with Gasteiger partial charge >= 0.3 is 11.3 Å². The van der Waals surface area contributed by atoms with Crippen LogP contribution in [0.15, 0.2) is 54.6 Å². The summed E-state index contributed by atoms with van der Waals surface area (Å²) in [5.74, 6) is -1.61. The summed E-state index contributed by atoms with van der Waals surface area (Å²) in [6.07, 6.45) is 0. The van der Waals surface area contributed by atoms with Crippen LogP contribution in [0.4, 0.5) is 0 Å². The number of primary amides is 1. The molecule has 8 nitrogen and oxygen atoms in total. The minimum Gasteiger partial charge on any atom is -0.457 e. The second kappa shape index (κ2) is 6.52. The zero-order chi connectivity index (χ0) is 18.9. The number of rotatable bonds is 4. The van der Waals surface area contributed by atoms with Gasteiger partial charge in [-0.15, -0.1) is 0 Å². The Bertz CT molecular complexity index is 943. The highest BCUT2D eigenvalue weighted by Crippen LogP contribution is 2.28. The number of nitrogens with zero attached hydrogens (tertiary/aromatic N) is 1. The molecular weight excluding hydrogens is 360 g/mol. The van der Waals surface area contributed by atoms with Crippen LogP contribution in [-0.4, -0.2) is 47.8 Å². The van der Waals surface area contributed by atoms with Crippen molar-refractivity contribution in [3.63, 3.8) is 0 Å². The van der Waals surface area contributed by atoms with E-state index in [0.29, 0.717) is 11.5 Å². The second-order valence-corrected chi connectivity index (χ2v) is 8.10. The van der Waals surface area contributed by atoms with E-state index >= 15 is 0 Å². The van der Waals surface area contributed by atoms with E-state index in [2.05, 4.69) is 0 Å². The quantitative estimate of drug-likeness (QED) is 0.607. The van der Waals surface area contributed by atoms with E-state index in [1.807, 2.05) is 18.2 Å². The van der Waals surface area contributed by atoms with Gasteiger partial charge in [0, 0.05) is 0 Å². The molecule has 0 saturated carbocycles. The highest BCUT2D eigenvalue weighted by molar-refractivity contribution is 7.92. The lowest BCUT2D eigenvalue weighted by molar-refractivity contribution is -1.03. The Morgan fingerprint density at radius 2 is 1.62 bits per heavy atom. The monoisotopic (exact) mass is 377 g/mol. The van der Waals surface area contributed by atoms with Crippen molar-refractivity contribution in [2.24, 2.45) is 5.73 Å². The van der Waals surface area contributed by atoms with Crippen LogP contribution in [0, 0.1) is 0 Å². The number of para-hydroxylation sites is 1. The molecule has 1 aliphatic rings. The number of nitrogens with two attached hydrogens (primary N) is 1. The number of ether oxygens (including phenoxy) is 1. The molecule has 136 valence electrons. The molecule has 1 fully saturated rings. The zero-order valence-electron chi connectivity index (χ0n) is 13.6. The van der Waals surface area contributed by atoms with Gasteiger partial charge in [-0.1, -0.05) is 22.8 Å². The third kappa shape index (κ3) is 3.19. The first-order valence-electron chi connectivity index (χ1n) is 7.73. The molecule has 0 aliphatic carbocycles. The van der Waals surface area contributed by atoms with Gasteiger partial charge in [-0.3, -0.25) is 4.79 Å². The zero-order valence-corrected chi connectivity index (χ0v) is 14.4. The Balaban J connectivity index is 1.85. The first-order chi connectivity index (χ1) is 12.2. The molecule has 1 heterocycles. The van der Waals surface area contributed by atoms with Crippen LogP contribution in [0.5, 0.6) is 11.5 Å². The third-order valence-corrected chi connectivity index (χ3v) is 6.13. The highest BCUT2D eigenvalue weighted by atomic mass is 32.2. The normalized spacial score (nSPS) is 24.1. The number of hydroxylamine groups is 3. The third-order valence-electron chi connectivity index (χ3n) is 4.12. The van der Waals surface area contributed by atoms with E-state index in [9.17, 15) is 23.2 Å². The molecule has 1 saturated heterocycles. The van der Waals surface area contributed by atoms with E-state index in [0.717, 1.165) is 0 Å². The summed E-state index contributed by atoms with van der Waals surface area (Å²) < 4.78 is 28.0. The summed E-state index contributed by atoms with van der Waals surface area (Å²) in [6, 6.07) is 14.8. The fraction of sp³-hybridized carbons (Fsp3) is 0.176. The Morgan fingerprint density at radius 1 is 1.04 bits per heavy atom. The SMILES string of the molecule is NC(=O)C1[N@@+](O)(C(=O)c2ccc(Oc3ccccc3)cc2)CCS1(=O)=O. The standard InChI is InChI=1S/C17H16N2O6S/c18-15(20)17-19(22,10-11-26(17,23)24)16(21)12-6-8-14(9-7-12)25-13-4-2-1-3-5-13/h1-9,17,22H,10-11H2,(H-,18,20)/p+1/t17?,19-/m0/s1. The summed E-state index contributed by atoms with van der Waals surface area (Å²) in [4.78, 5) is 24.2. The summed E-state index contributed by atoms with van der Waals surface area (Å²) in [5, 5.41) is 8.56. The van der Waals surface area contributed by atoms with Gasteiger partial charge in [0.1, 0.15) is 23.8 Å². The van der Waals surface area contributed by atoms with Crippen molar-refractivity contribution in [1.82, 2.24) is 0 Å². The molecule has 0 aromatic heterocycles. The van der Waals surface area contributed by atoms with Crippen LogP contribution in [-0.2, 0) is 14.6 Å². The number of carbonyl (C=O) groups is 2. The van der Waals surface area contributed by atoms with Gasteiger partial charge in [-0.2, -0.15) is 0 Å². The predicted octanol–water partition coefficient (Wildman–Crippen LogP) is 1.06. The van der Waals surface area contributed by atoms with Crippen molar-refractivity contribution < 1.29 is 32.6 Å². The molecule has 9 heteroatoms. The number of sulfone groups is 1. The fourth-order valence-electron chi connectivity index (χ4n) is 2.87. The number of benzene rings is 2. The van der Waals surface area contributed by atoms with Gasteiger partial charge in [0.15, 0.2) is 0 Å². The van der Waals surface area contributed by atoms with Crippen LogP contribution >= 0.6 is 0 Å². The van der Waals surface area contributed by atoms with Crippen LogP contribution in [0.3, 0.4) is 0 Å². The van der Waals surface area contributed by atoms with E-state index in [4.69, 9.17) is 10.5 Å². The Kier molecular flexibility index (Phi) is 4.53. The predicted molar refractivity (Wildman–Crippen MR) is 91.0 cm³/mol. The van der Waals surface area contributed by atoms with E-state index < -0.39 is 44.0 Å². The van der Waals surface area contributed by atoms with Gasteiger partial charge < -0.3 is 10.5 Å². The fourth-order valence-corrected chi connectivity index (χ4v) is 4.71. The Labute approximate surface area is 149 Å². The number of amides is 2. The van der Waals surface area contributed by atoms with Crippen LogP contribution in [0.2, 0.25) is 0 Å². The summed E-state index contributed by atoms with van der Waals surface area (Å²) in [7, 11) is -3.99. The number of hydrogen-bond acceptors (Lipinski definition) is 6. The molecule has 0 spiro atoms. The summed E-state index contributed by atoms with van der Waals surface area (Å²) in [5.41, 5.74) is 5.15. The minimum atomic E-state index is -3.99. The molecule has 2 amide bonds. The van der Waals surface area contributed by atoms with Crippen molar-refractivity contribution in [2.75, 3.05) is 12.3 Å². The first-order valence-corrected chi connectivity index (χ1v) is 9.45. The smallest absolute Gasteiger partial charge is 0.379 e. The van der Waals surface area contributed by atoms with Crippen molar-refractivity contribution in [1.29, 1.82) is 0 Å². The lowest BCUT2D eigenvalue weighted by atomic mass is 10.2. The molecule has 0 radical (unpaired) electrons. The van der Waals surface area contributed by atoms with Crippen LogP contribution in [0.25, 0.3) is 0 Å². The molecule has 0 bridgehead atoms. The molecule has 1 unspecified atom stereocenters. The van der Waals surface area contributed by atoms with Crippen LogP contribution in [0.1, 0.15) is 10.4 Å². The average Bonchev–Trinajstić information content (AvgIpc) is 2.86. The molecule has 26 heavy (non-hydrogen) atoms. The molecule has 2 aromatic rings. The summed E-state index contributed by atoms with van der Waals surface area (Å²) >= 11 is 0. The maximum Gasteiger partial charge on any atom is 0.379 e. The van der Waals surface area contributed by atoms with Gasteiger partial charge in [0.05, 0.1) is 5.56 Å². The van der Waals surface area contributed by atoms with Crippen LogP contribution < -0.4 is 10.5 Å². The van der Waals surface area contributed by atoms with Gasteiger partial charge in [-0.25, -0.2) is 18.4 Å². The molecule has 2 aromatic carbocycles. The largest absolute Gasteiger partial charge is 0.457 e. The molecule has 2 atom stereocenters. The molecule has 3 N–H and O–H groups in total. The Morgan fingerprint density at radius 3 is 2.19 bits per heavy atom.